The van der Waals surface area contributed by atoms with Gasteiger partial charge in [-0.15, -0.1) is 22.9 Å². The van der Waals surface area contributed by atoms with Crippen LogP contribution in [0.2, 0.25) is 0 Å². The highest BCUT2D eigenvalue weighted by Crippen LogP contribution is 2.23. The second-order valence-electron chi connectivity index (χ2n) is 4.84. The Labute approximate surface area is 127 Å². The molecular formula is C15H16ClN3S. The van der Waals surface area contributed by atoms with Crippen LogP contribution in [0.25, 0.3) is 11.0 Å². The second-order valence-corrected chi connectivity index (χ2v) is 6.54. The van der Waals surface area contributed by atoms with Crippen molar-refractivity contribution in [2.75, 3.05) is 5.88 Å². The minimum Gasteiger partial charge on any atom is -0.322 e. The predicted molar refractivity (Wildman–Crippen MR) is 84.8 cm³/mol. The number of imidazole rings is 1. The minimum atomic E-state index is 0.587. The summed E-state index contributed by atoms with van der Waals surface area (Å²) in [5.41, 5.74) is 3.50. The van der Waals surface area contributed by atoms with Crippen molar-refractivity contribution in [3.8, 4) is 0 Å². The van der Waals surface area contributed by atoms with Crippen molar-refractivity contribution in [3.63, 3.8) is 0 Å². The highest BCUT2D eigenvalue weighted by molar-refractivity contribution is 7.11. The van der Waals surface area contributed by atoms with Gasteiger partial charge in [-0.2, -0.15) is 0 Å². The van der Waals surface area contributed by atoms with Crippen LogP contribution >= 0.6 is 22.9 Å². The van der Waals surface area contributed by atoms with E-state index in [4.69, 9.17) is 16.6 Å². The van der Waals surface area contributed by atoms with Crippen molar-refractivity contribution in [1.82, 2.24) is 14.5 Å². The molecule has 0 amide bonds. The number of aryl methyl sites for hydroxylation is 3. The Kier molecular flexibility index (Phi) is 3.76. The number of alkyl halides is 1. The smallest absolute Gasteiger partial charge is 0.111 e. The molecule has 2 heterocycles. The van der Waals surface area contributed by atoms with E-state index in [9.17, 15) is 0 Å². The van der Waals surface area contributed by atoms with Crippen molar-refractivity contribution in [1.29, 1.82) is 0 Å². The van der Waals surface area contributed by atoms with Gasteiger partial charge in [-0.3, -0.25) is 0 Å². The lowest BCUT2D eigenvalue weighted by Crippen LogP contribution is -2.05. The summed E-state index contributed by atoms with van der Waals surface area (Å²) in [6, 6.07) is 6.24. The van der Waals surface area contributed by atoms with Crippen LogP contribution in [-0.2, 0) is 13.0 Å². The highest BCUT2D eigenvalue weighted by atomic mass is 35.5. The van der Waals surface area contributed by atoms with E-state index in [2.05, 4.69) is 34.7 Å². The lowest BCUT2D eigenvalue weighted by molar-refractivity contribution is 0.760. The molecule has 1 aromatic carbocycles. The van der Waals surface area contributed by atoms with Gasteiger partial charge in [0.1, 0.15) is 5.82 Å². The molecule has 0 aliphatic heterocycles. The number of benzene rings is 1. The van der Waals surface area contributed by atoms with Crippen molar-refractivity contribution < 1.29 is 0 Å². The number of hydrogen-bond donors (Lipinski definition) is 0. The van der Waals surface area contributed by atoms with Gasteiger partial charge in [0.25, 0.3) is 0 Å². The van der Waals surface area contributed by atoms with Gasteiger partial charge in [-0.25, -0.2) is 9.97 Å². The largest absolute Gasteiger partial charge is 0.322 e. The lowest BCUT2D eigenvalue weighted by Gasteiger charge is -2.08. The first-order chi connectivity index (χ1) is 9.69. The molecule has 0 aliphatic carbocycles. The Morgan fingerprint density at radius 1 is 1.30 bits per heavy atom. The van der Waals surface area contributed by atoms with Gasteiger partial charge < -0.3 is 4.57 Å². The molecule has 104 valence electrons. The number of fused-ring (bicyclic) bond motifs is 1. The van der Waals surface area contributed by atoms with E-state index in [-0.39, 0.29) is 0 Å². The third-order valence-corrected chi connectivity index (χ3v) is 4.44. The van der Waals surface area contributed by atoms with Crippen molar-refractivity contribution >= 4 is 34.0 Å². The van der Waals surface area contributed by atoms with Gasteiger partial charge >= 0.3 is 0 Å². The molecule has 20 heavy (non-hydrogen) atoms. The van der Waals surface area contributed by atoms with E-state index in [1.807, 2.05) is 13.1 Å². The summed E-state index contributed by atoms with van der Waals surface area (Å²) < 4.78 is 2.28. The highest BCUT2D eigenvalue weighted by Gasteiger charge is 2.13. The molecule has 3 aromatic rings. The average molecular weight is 306 g/mol. The zero-order valence-electron chi connectivity index (χ0n) is 11.6. The van der Waals surface area contributed by atoms with Crippen LogP contribution in [0.5, 0.6) is 0 Å². The number of hydrogen-bond acceptors (Lipinski definition) is 3. The summed E-state index contributed by atoms with van der Waals surface area (Å²) in [6.07, 6.45) is 2.74. The fourth-order valence-electron chi connectivity index (χ4n) is 2.49. The molecule has 0 radical (unpaired) electrons. The average Bonchev–Trinajstić information content (AvgIpc) is 2.96. The Morgan fingerprint density at radius 3 is 2.85 bits per heavy atom. The van der Waals surface area contributed by atoms with Gasteiger partial charge in [-0.05, 0) is 25.5 Å². The maximum Gasteiger partial charge on any atom is 0.111 e. The van der Waals surface area contributed by atoms with E-state index in [0.717, 1.165) is 29.3 Å². The molecule has 5 heteroatoms. The molecule has 0 saturated carbocycles. The summed E-state index contributed by atoms with van der Waals surface area (Å²) in [5.74, 6) is 1.64. The second kappa shape index (κ2) is 5.54. The normalized spacial score (nSPS) is 11.3. The molecule has 0 N–H and O–H groups in total. The van der Waals surface area contributed by atoms with Gasteiger partial charge in [-0.1, -0.05) is 12.1 Å². The van der Waals surface area contributed by atoms with Crippen LogP contribution in [0.1, 0.15) is 21.3 Å². The molecule has 0 saturated heterocycles. The van der Waals surface area contributed by atoms with Crippen LogP contribution in [0, 0.1) is 13.8 Å². The summed E-state index contributed by atoms with van der Waals surface area (Å²) in [4.78, 5) is 10.3. The quantitative estimate of drug-likeness (QED) is 0.684. The molecule has 0 unspecified atom stereocenters. The molecule has 3 nitrogen and oxygen atoms in total. The summed E-state index contributed by atoms with van der Waals surface area (Å²) in [7, 11) is 0. The fourth-order valence-corrected chi connectivity index (χ4v) is 3.45. The molecule has 0 spiro atoms. The first-order valence-electron chi connectivity index (χ1n) is 6.61. The van der Waals surface area contributed by atoms with Crippen molar-refractivity contribution in [3.05, 3.63) is 45.7 Å². The molecule has 3 rings (SSSR count). The number of para-hydroxylation sites is 1. The Morgan fingerprint density at radius 2 is 2.15 bits per heavy atom. The van der Waals surface area contributed by atoms with Crippen LogP contribution in [0.15, 0.2) is 24.4 Å². The minimum absolute atomic E-state index is 0.587. The molecule has 0 atom stereocenters. The molecule has 0 bridgehead atoms. The van der Waals surface area contributed by atoms with Crippen LogP contribution in [-0.4, -0.2) is 20.4 Å². The van der Waals surface area contributed by atoms with E-state index >= 15 is 0 Å². The van der Waals surface area contributed by atoms with E-state index in [1.54, 1.807) is 11.3 Å². The number of thiazole rings is 1. The summed E-state index contributed by atoms with van der Waals surface area (Å²) in [5, 5.41) is 1.10. The monoisotopic (exact) mass is 305 g/mol. The van der Waals surface area contributed by atoms with E-state index in [1.165, 1.54) is 16.0 Å². The molecule has 0 fully saturated rings. The number of aromatic nitrogens is 3. The standard InChI is InChI=1S/C15H16ClN3S/c1-10-4-3-5-13-15(10)19(14(18-13)6-7-16)9-12-8-17-11(2)20-12/h3-5,8H,6-7,9H2,1-2H3. The number of rotatable bonds is 4. The topological polar surface area (TPSA) is 30.7 Å². The summed E-state index contributed by atoms with van der Waals surface area (Å²) >= 11 is 7.65. The summed E-state index contributed by atoms with van der Waals surface area (Å²) in [6.45, 7) is 4.98. The SMILES string of the molecule is Cc1ncc(Cn2c(CCCl)nc3cccc(C)c32)s1. The van der Waals surface area contributed by atoms with Crippen molar-refractivity contribution in [2.45, 2.75) is 26.8 Å². The van der Waals surface area contributed by atoms with Gasteiger partial charge in [0, 0.05) is 23.4 Å². The third-order valence-electron chi connectivity index (χ3n) is 3.35. The Bertz CT molecular complexity index is 745. The first-order valence-corrected chi connectivity index (χ1v) is 7.96. The maximum atomic E-state index is 5.92. The molecule has 2 aromatic heterocycles. The van der Waals surface area contributed by atoms with Crippen LogP contribution < -0.4 is 0 Å². The van der Waals surface area contributed by atoms with Crippen LogP contribution in [0.4, 0.5) is 0 Å². The number of halogens is 1. The van der Waals surface area contributed by atoms with Gasteiger partial charge in [0.05, 0.1) is 22.6 Å². The number of nitrogens with zero attached hydrogens (tertiary/aromatic N) is 3. The predicted octanol–water partition coefficient (Wildman–Crippen LogP) is 3.94. The molecule has 0 aliphatic rings. The van der Waals surface area contributed by atoms with Gasteiger partial charge in [0.2, 0.25) is 0 Å². The van der Waals surface area contributed by atoms with Gasteiger partial charge in [0.15, 0.2) is 0 Å². The fraction of sp³-hybridized carbons (Fsp3) is 0.333. The van der Waals surface area contributed by atoms with E-state index in [0.29, 0.717) is 5.88 Å². The molecular weight excluding hydrogens is 290 g/mol. The first kappa shape index (κ1) is 13.6. The maximum absolute atomic E-state index is 5.92. The van der Waals surface area contributed by atoms with Crippen LogP contribution in [0.3, 0.4) is 0 Å². The van der Waals surface area contributed by atoms with E-state index < -0.39 is 0 Å². The Hall–Kier alpha value is -1.39. The zero-order valence-corrected chi connectivity index (χ0v) is 13.1. The third kappa shape index (κ3) is 2.45. The Balaban J connectivity index is 2.12. The lowest BCUT2D eigenvalue weighted by atomic mass is 10.2. The van der Waals surface area contributed by atoms with Crippen molar-refractivity contribution in [2.24, 2.45) is 0 Å². The zero-order chi connectivity index (χ0) is 14.1.